The summed E-state index contributed by atoms with van der Waals surface area (Å²) in [7, 11) is 0. The molecule has 5 heteroatoms. The van der Waals surface area contributed by atoms with Gasteiger partial charge in [-0.15, -0.1) is 0 Å². The molecule has 0 aromatic rings. The maximum Gasteiger partial charge on any atom is 0.303 e. The van der Waals surface area contributed by atoms with E-state index in [2.05, 4.69) is 25.2 Å². The standard InChI is InChI=1S/C28H46O5/c1-4-5-6-7-8-9-18-26(32-23(2)30)19-12-10-16-25-17-11-13-20-27(25)28(33-24(3)31)21-14-15-22-29/h10-13,16,19,25-29H,4-9,14-15,17-18,20-22H2,1-3H3/b16-10+,19-12+/t25-,26?,27+,28?/m0/s1. The predicted molar refractivity (Wildman–Crippen MR) is 134 cm³/mol. The van der Waals surface area contributed by atoms with Gasteiger partial charge in [0.15, 0.2) is 0 Å². The molecule has 0 bridgehead atoms. The highest BCUT2D eigenvalue weighted by atomic mass is 16.5. The number of aliphatic hydroxyl groups excluding tert-OH is 1. The van der Waals surface area contributed by atoms with Crippen LogP contribution in [0, 0.1) is 11.8 Å². The summed E-state index contributed by atoms with van der Waals surface area (Å²) in [4.78, 5) is 23.1. The highest BCUT2D eigenvalue weighted by Gasteiger charge is 2.30. The molecule has 0 fully saturated rings. The monoisotopic (exact) mass is 462 g/mol. The Hall–Kier alpha value is -1.88. The molecule has 5 nitrogen and oxygen atoms in total. The van der Waals surface area contributed by atoms with E-state index in [9.17, 15) is 9.59 Å². The Balaban J connectivity index is 2.67. The third kappa shape index (κ3) is 14.1. The van der Waals surface area contributed by atoms with Crippen molar-refractivity contribution in [2.45, 2.75) is 110 Å². The minimum Gasteiger partial charge on any atom is -0.462 e. The first kappa shape index (κ1) is 29.2. The fourth-order valence-corrected chi connectivity index (χ4v) is 4.46. The number of allylic oxidation sites excluding steroid dienone is 5. The largest absolute Gasteiger partial charge is 0.462 e. The van der Waals surface area contributed by atoms with Crippen molar-refractivity contribution >= 4 is 11.9 Å². The van der Waals surface area contributed by atoms with Gasteiger partial charge in [0.25, 0.3) is 0 Å². The SMILES string of the molecule is CCCCCCCCC(/C=C/C=C/[C@H]1CC=CC[C@H]1C(CCCCO)OC(C)=O)OC(C)=O. The molecule has 1 N–H and O–H groups in total. The second-order valence-corrected chi connectivity index (χ2v) is 9.11. The van der Waals surface area contributed by atoms with E-state index in [-0.39, 0.29) is 42.6 Å². The number of unbranched alkanes of at least 4 members (excludes halogenated alkanes) is 6. The van der Waals surface area contributed by atoms with E-state index in [1.165, 1.54) is 46.0 Å². The fraction of sp³-hybridized carbons (Fsp3) is 0.714. The molecule has 33 heavy (non-hydrogen) atoms. The third-order valence-corrected chi connectivity index (χ3v) is 6.18. The molecule has 0 aromatic carbocycles. The van der Waals surface area contributed by atoms with E-state index in [0.717, 1.165) is 44.9 Å². The van der Waals surface area contributed by atoms with Crippen molar-refractivity contribution in [3.63, 3.8) is 0 Å². The lowest BCUT2D eigenvalue weighted by Crippen LogP contribution is -2.32. The van der Waals surface area contributed by atoms with Gasteiger partial charge >= 0.3 is 11.9 Å². The van der Waals surface area contributed by atoms with Crippen LogP contribution in [0.3, 0.4) is 0 Å². The minimum atomic E-state index is -0.250. The lowest BCUT2D eigenvalue weighted by Gasteiger charge is -2.33. The van der Waals surface area contributed by atoms with E-state index in [4.69, 9.17) is 14.6 Å². The Morgan fingerprint density at radius 1 is 0.909 bits per heavy atom. The van der Waals surface area contributed by atoms with E-state index >= 15 is 0 Å². The Bertz CT molecular complexity index is 622. The summed E-state index contributed by atoms with van der Waals surface area (Å²) in [6.07, 6.45) is 24.5. The lowest BCUT2D eigenvalue weighted by molar-refractivity contribution is -0.150. The second kappa shape index (κ2) is 18.5. The van der Waals surface area contributed by atoms with Crippen LogP contribution >= 0.6 is 0 Å². The quantitative estimate of drug-likeness (QED) is 0.116. The summed E-state index contributed by atoms with van der Waals surface area (Å²) < 4.78 is 11.1. The van der Waals surface area contributed by atoms with Gasteiger partial charge in [-0.2, -0.15) is 0 Å². The zero-order valence-corrected chi connectivity index (χ0v) is 21.0. The Kier molecular flexibility index (Phi) is 16.4. The zero-order chi connectivity index (χ0) is 24.3. The van der Waals surface area contributed by atoms with Crippen LogP contribution in [0.1, 0.15) is 97.8 Å². The molecular formula is C28H46O5. The van der Waals surface area contributed by atoms with Crippen molar-refractivity contribution in [3.8, 4) is 0 Å². The smallest absolute Gasteiger partial charge is 0.303 e. The summed E-state index contributed by atoms with van der Waals surface area (Å²) >= 11 is 0. The maximum absolute atomic E-state index is 11.7. The normalized spacial score (nSPS) is 20.2. The summed E-state index contributed by atoms with van der Waals surface area (Å²) in [6.45, 7) is 5.30. The Morgan fingerprint density at radius 2 is 1.58 bits per heavy atom. The maximum atomic E-state index is 11.7. The van der Waals surface area contributed by atoms with Gasteiger partial charge in [0.05, 0.1) is 0 Å². The molecule has 188 valence electrons. The molecule has 4 atom stereocenters. The first-order chi connectivity index (χ1) is 16.0. The molecule has 0 saturated carbocycles. The highest BCUT2D eigenvalue weighted by Crippen LogP contribution is 2.33. The molecule has 2 unspecified atom stereocenters. The van der Waals surface area contributed by atoms with E-state index < -0.39 is 0 Å². The fourth-order valence-electron chi connectivity index (χ4n) is 4.46. The van der Waals surface area contributed by atoms with Gasteiger partial charge < -0.3 is 14.6 Å². The molecule has 0 radical (unpaired) electrons. The van der Waals surface area contributed by atoms with Crippen LogP contribution in [0.4, 0.5) is 0 Å². The number of aliphatic hydroxyl groups is 1. The third-order valence-electron chi connectivity index (χ3n) is 6.18. The topological polar surface area (TPSA) is 72.8 Å². The van der Waals surface area contributed by atoms with Gasteiger partial charge in [-0.05, 0) is 56.9 Å². The first-order valence-electron chi connectivity index (χ1n) is 12.9. The van der Waals surface area contributed by atoms with E-state index in [1.54, 1.807) is 0 Å². The van der Waals surface area contributed by atoms with Crippen LogP contribution in [0.25, 0.3) is 0 Å². The van der Waals surface area contributed by atoms with Gasteiger partial charge in [-0.25, -0.2) is 0 Å². The van der Waals surface area contributed by atoms with Gasteiger partial charge in [0.1, 0.15) is 12.2 Å². The van der Waals surface area contributed by atoms with Crippen LogP contribution in [-0.2, 0) is 19.1 Å². The highest BCUT2D eigenvalue weighted by molar-refractivity contribution is 5.66. The lowest BCUT2D eigenvalue weighted by atomic mass is 9.78. The average Bonchev–Trinajstić information content (AvgIpc) is 2.78. The van der Waals surface area contributed by atoms with Crippen LogP contribution < -0.4 is 0 Å². The molecule has 1 rings (SSSR count). The van der Waals surface area contributed by atoms with Crippen LogP contribution in [0.5, 0.6) is 0 Å². The number of ether oxygens (including phenoxy) is 2. The summed E-state index contributed by atoms with van der Waals surface area (Å²) in [5.41, 5.74) is 0. The molecule has 0 aromatic heterocycles. The summed E-state index contributed by atoms with van der Waals surface area (Å²) in [6, 6.07) is 0. The first-order valence-corrected chi connectivity index (χ1v) is 12.9. The molecular weight excluding hydrogens is 416 g/mol. The van der Waals surface area contributed by atoms with Crippen LogP contribution in [-0.4, -0.2) is 35.9 Å². The van der Waals surface area contributed by atoms with Crippen molar-refractivity contribution < 1.29 is 24.2 Å². The summed E-state index contributed by atoms with van der Waals surface area (Å²) in [5.74, 6) is 0.0165. The molecule has 1 aliphatic rings. The van der Waals surface area contributed by atoms with E-state index in [0.29, 0.717) is 0 Å². The zero-order valence-electron chi connectivity index (χ0n) is 21.0. The van der Waals surface area contributed by atoms with Crippen molar-refractivity contribution in [2.75, 3.05) is 6.61 Å². The number of rotatable bonds is 17. The average molecular weight is 463 g/mol. The second-order valence-electron chi connectivity index (χ2n) is 9.11. The van der Waals surface area contributed by atoms with Gasteiger partial charge in [0.2, 0.25) is 0 Å². The van der Waals surface area contributed by atoms with E-state index in [1.807, 2.05) is 18.2 Å². The molecule has 0 aliphatic heterocycles. The number of hydrogen-bond acceptors (Lipinski definition) is 5. The summed E-state index contributed by atoms with van der Waals surface area (Å²) in [5, 5.41) is 9.10. The Labute approximate surface area is 201 Å². The molecule has 1 aliphatic carbocycles. The molecule has 0 saturated heterocycles. The number of carbonyl (C=O) groups excluding carboxylic acids is 2. The predicted octanol–water partition coefficient (Wildman–Crippen LogP) is 6.46. The number of hydrogen-bond donors (Lipinski definition) is 1. The van der Waals surface area contributed by atoms with Crippen molar-refractivity contribution in [1.29, 1.82) is 0 Å². The molecule has 0 heterocycles. The van der Waals surface area contributed by atoms with Crippen molar-refractivity contribution in [2.24, 2.45) is 11.8 Å². The number of esters is 2. The number of carbonyl (C=O) groups is 2. The van der Waals surface area contributed by atoms with Gasteiger partial charge in [0, 0.05) is 26.4 Å². The van der Waals surface area contributed by atoms with Gasteiger partial charge in [-0.3, -0.25) is 9.59 Å². The Morgan fingerprint density at radius 3 is 2.27 bits per heavy atom. The van der Waals surface area contributed by atoms with Crippen LogP contribution in [0.2, 0.25) is 0 Å². The molecule has 0 spiro atoms. The van der Waals surface area contributed by atoms with Crippen molar-refractivity contribution in [3.05, 3.63) is 36.5 Å². The molecule has 0 amide bonds. The van der Waals surface area contributed by atoms with Crippen molar-refractivity contribution in [1.82, 2.24) is 0 Å². The van der Waals surface area contributed by atoms with Gasteiger partial charge in [-0.1, -0.05) is 69.4 Å². The van der Waals surface area contributed by atoms with Crippen LogP contribution in [0.15, 0.2) is 36.5 Å². The minimum absolute atomic E-state index is 0.140.